The Bertz CT molecular complexity index is 588. The van der Waals surface area contributed by atoms with Crippen molar-refractivity contribution in [3.05, 3.63) is 0 Å². The first kappa shape index (κ1) is 43.8. The molecule has 3 aliphatic carbocycles. The number of nitriles is 1. The molecule has 3 saturated carbocycles. The van der Waals surface area contributed by atoms with Crippen molar-refractivity contribution in [2.24, 2.45) is 22.0 Å². The Balaban J connectivity index is -0.000000167. The van der Waals surface area contributed by atoms with Crippen LogP contribution in [0.5, 0.6) is 0 Å². The van der Waals surface area contributed by atoms with E-state index in [0.29, 0.717) is 37.4 Å². The molecule has 6 nitrogen and oxygen atoms in total. The first-order valence-electron chi connectivity index (χ1n) is 9.27. The van der Waals surface area contributed by atoms with Gasteiger partial charge in [0.1, 0.15) is 0 Å². The van der Waals surface area contributed by atoms with Crippen LogP contribution < -0.4 is 19.0 Å². The van der Waals surface area contributed by atoms with Crippen molar-refractivity contribution in [3.63, 3.8) is 0 Å². The number of aliphatic hydroxyl groups is 1. The van der Waals surface area contributed by atoms with Crippen molar-refractivity contribution in [1.29, 1.82) is 10.7 Å². The number of rotatable bonds is 5. The second kappa shape index (κ2) is 23.6. The number of ether oxygens (including phenoxy) is 1. The molecule has 1 spiro atoms. The fourth-order valence-corrected chi connectivity index (χ4v) is 3.58. The van der Waals surface area contributed by atoms with Gasteiger partial charge in [0.15, 0.2) is 5.90 Å². The van der Waals surface area contributed by atoms with Crippen LogP contribution in [-0.2, 0) is 9.53 Å². The van der Waals surface area contributed by atoms with Crippen molar-refractivity contribution in [2.75, 3.05) is 18.5 Å². The van der Waals surface area contributed by atoms with Crippen LogP contribution in [0.2, 0.25) is 0 Å². The van der Waals surface area contributed by atoms with Crippen molar-refractivity contribution >= 4 is 143 Å². The molecule has 0 radical (unpaired) electrons. The van der Waals surface area contributed by atoms with Gasteiger partial charge in [-0.2, -0.15) is 5.26 Å². The molecule has 0 bridgehead atoms. The van der Waals surface area contributed by atoms with Gasteiger partial charge in [-0.15, -0.1) is 41.0 Å². The number of primary amides is 1. The average molecular weight is 1270 g/mol. The zero-order chi connectivity index (χ0) is 23.3. The zero-order valence-electron chi connectivity index (χ0n) is 17.4. The molecule has 1 heterocycles. The Hall–Kier alpha value is 3.73. The minimum absolute atomic E-state index is 0. The van der Waals surface area contributed by atoms with Crippen LogP contribution in [0.1, 0.15) is 65.2 Å². The van der Waals surface area contributed by atoms with E-state index in [1.807, 2.05) is 0 Å². The topological polar surface area (TPSA) is 120 Å². The smallest absolute Gasteiger partial charge is 0.218 e. The normalized spacial score (nSPS) is 19.5. The van der Waals surface area contributed by atoms with Crippen LogP contribution in [0.3, 0.4) is 0 Å². The molecule has 0 aromatic heterocycles. The van der Waals surface area contributed by atoms with Crippen LogP contribution in [0, 0.1) is 33.0 Å². The quantitative estimate of drug-likeness (QED) is 0.258. The summed E-state index contributed by atoms with van der Waals surface area (Å²) in [5.74, 6) is 0.328. The monoisotopic (exact) mass is 1270 g/mol. The number of alkyl halides is 1. The molecule has 0 atom stereocenters. The average Bonchev–Trinajstić information content (AvgIpc) is 3.63. The van der Waals surface area contributed by atoms with Gasteiger partial charge >= 0.3 is 50.5 Å². The van der Waals surface area contributed by atoms with E-state index >= 15 is 0 Å². The van der Waals surface area contributed by atoms with Gasteiger partial charge in [0.25, 0.3) is 0 Å². The Morgan fingerprint density at radius 1 is 1.21 bits per heavy atom. The van der Waals surface area contributed by atoms with Crippen molar-refractivity contribution in [1.82, 2.24) is 0 Å². The molecule has 4 aliphatic rings. The van der Waals surface area contributed by atoms with Gasteiger partial charge in [-0.05, 0) is 43.9 Å². The molecule has 0 aromatic carbocycles. The molecule has 1 amide bonds. The van der Waals surface area contributed by atoms with Gasteiger partial charge in [0.05, 0.1) is 12.7 Å². The summed E-state index contributed by atoms with van der Waals surface area (Å²) in [5.41, 5.74) is 5.80. The Morgan fingerprint density at radius 2 is 1.67 bits per heavy atom. The van der Waals surface area contributed by atoms with Crippen LogP contribution >= 0.6 is 131 Å². The molecule has 1 saturated heterocycles. The maximum atomic E-state index is 10.4. The minimum Gasteiger partial charge on any atom is -0.481 e. The second-order valence-electron chi connectivity index (χ2n) is 8.21. The summed E-state index contributed by atoms with van der Waals surface area (Å²) in [6.45, 7) is 1.02. The molecule has 33 heavy (non-hydrogen) atoms. The summed E-state index contributed by atoms with van der Waals surface area (Å²) in [6.07, 6.45) is 8.95. The Morgan fingerprint density at radius 3 is 1.79 bits per heavy atom. The molecular weight excluding hydrogens is 1240 g/mol. The van der Waals surface area contributed by atoms with Gasteiger partial charge in [-0.1, -0.05) is 23.4 Å². The van der Waals surface area contributed by atoms with E-state index in [1.54, 1.807) is 0 Å². The van der Waals surface area contributed by atoms with Crippen molar-refractivity contribution in [3.8, 4) is 6.07 Å². The van der Waals surface area contributed by atoms with Gasteiger partial charge < -0.3 is 15.6 Å². The first-order valence-corrected chi connectivity index (χ1v) is 29.3. The van der Waals surface area contributed by atoms with Crippen LogP contribution in [0.4, 0.5) is 0 Å². The van der Waals surface area contributed by atoms with E-state index in [4.69, 9.17) is 26.2 Å². The molecule has 0 aromatic rings. The maximum absolute atomic E-state index is 10.4. The predicted octanol–water partition coefficient (Wildman–Crippen LogP) is 5.25. The van der Waals surface area contributed by atoms with E-state index in [1.165, 1.54) is 12.8 Å². The third-order valence-electron chi connectivity index (χ3n) is 5.58. The molecule has 1 aliphatic heterocycles. The summed E-state index contributed by atoms with van der Waals surface area (Å²) in [7, 11) is 0. The number of nitrogens with zero attached hydrogens (tertiary/aromatic N) is 1. The number of nitrogens with one attached hydrogen (secondary N) is 1. The number of amides is 1. The van der Waals surface area contributed by atoms with Gasteiger partial charge in [-0.25, -0.2) is 0 Å². The third-order valence-corrected chi connectivity index (χ3v) is 6.77. The largest absolute Gasteiger partial charge is 0.481 e. The standard InChI is InChI=1S/C6H10BrNO.2C6H9NO.CH4.BrH.I3.I2.HI/c7-4-6(1-2-6)3-5(8)9;7-5-3-6(1-2-6)4-8-5;7-4-3-6(5-8)1-2-6;;;1-3-2;1-2;/h1-4H2,(H2,8,9);7H,1-4H2;8H,1-3,5H2;1H4;1H;;;1H/q;;;;;-1;;. The number of carbonyl (C=O) groups is 1. The number of halogens is 8. The molecule has 200 valence electrons. The van der Waals surface area contributed by atoms with E-state index in [-0.39, 0.29) is 71.7 Å². The Labute approximate surface area is 288 Å². The van der Waals surface area contributed by atoms with Gasteiger partial charge in [0, 0.05) is 79.3 Å². The maximum Gasteiger partial charge on any atom is 0.218 e. The second-order valence-corrected chi connectivity index (χ2v) is 25.0. The number of hydrogen-bond donors (Lipinski definition) is 3. The van der Waals surface area contributed by atoms with E-state index in [0.717, 1.165) is 44.0 Å². The molecular formula is C19H34Br2I6N3O3-. The summed E-state index contributed by atoms with van der Waals surface area (Å²) in [6, 6.07) is 2.06. The van der Waals surface area contributed by atoms with E-state index in [2.05, 4.69) is 96.5 Å². The number of hydrogen-bond acceptors (Lipinski definition) is 5. The molecule has 0 unspecified atom stereocenters. The number of aliphatic hydroxyl groups excluding tert-OH is 1. The first-order chi connectivity index (χ1) is 14.2. The van der Waals surface area contributed by atoms with Gasteiger partial charge in [0.2, 0.25) is 5.91 Å². The predicted molar refractivity (Wildman–Crippen MR) is 187 cm³/mol. The zero-order valence-corrected chi connectivity index (χ0v) is 33.8. The SMILES string of the molecule is Br.C.I.II.I[I-]I.N#CCC1(CO)CC1.N=C1CC2(CC2)CO1.NC(=O)CC1(CBr)CC1. The van der Waals surface area contributed by atoms with Crippen LogP contribution in [-0.4, -0.2) is 35.5 Å². The summed E-state index contributed by atoms with van der Waals surface area (Å²) in [5, 5.41) is 24.9. The van der Waals surface area contributed by atoms with Gasteiger partial charge in [-0.3, -0.25) is 10.2 Å². The number of carbonyl (C=O) groups excluding carboxylic acids is 1. The summed E-state index contributed by atoms with van der Waals surface area (Å²) < 4.78 is 5.01. The third kappa shape index (κ3) is 20.3. The fourth-order valence-electron chi connectivity index (χ4n) is 2.82. The minimum atomic E-state index is -0.174. The van der Waals surface area contributed by atoms with Crippen LogP contribution in [0.15, 0.2) is 0 Å². The van der Waals surface area contributed by atoms with E-state index < -0.39 is 0 Å². The molecule has 14 heteroatoms. The van der Waals surface area contributed by atoms with E-state index in [9.17, 15) is 4.79 Å². The van der Waals surface area contributed by atoms with Crippen molar-refractivity contribution < 1.29 is 27.9 Å². The fraction of sp³-hybridized carbons (Fsp3) is 0.842. The summed E-state index contributed by atoms with van der Waals surface area (Å²) >= 11 is 12.9. The van der Waals surface area contributed by atoms with Crippen LogP contribution in [0.25, 0.3) is 0 Å². The van der Waals surface area contributed by atoms with Crippen molar-refractivity contribution in [2.45, 2.75) is 65.2 Å². The Kier molecular flexibility index (Phi) is 31.3. The molecule has 4 fully saturated rings. The molecule has 4 rings (SSSR count). The number of nitrogens with two attached hydrogens (primary N) is 1. The molecule has 4 N–H and O–H groups in total. The summed E-state index contributed by atoms with van der Waals surface area (Å²) in [4.78, 5) is 10.4.